The summed E-state index contributed by atoms with van der Waals surface area (Å²) in [5.74, 6) is 0.0541. The highest BCUT2D eigenvalue weighted by Crippen LogP contribution is 2.09. The van der Waals surface area contributed by atoms with Crippen LogP contribution in [0.1, 0.15) is 24.6 Å². The highest BCUT2D eigenvalue weighted by molar-refractivity contribution is 7.09. The summed E-state index contributed by atoms with van der Waals surface area (Å²) in [6, 6.07) is 3.79. The zero-order chi connectivity index (χ0) is 12.0. The Morgan fingerprint density at radius 1 is 1.62 bits per heavy atom. The van der Waals surface area contributed by atoms with E-state index in [1.165, 1.54) is 4.88 Å². The molecule has 4 heteroatoms. The normalized spacial score (nSPS) is 12.4. The fourth-order valence-corrected chi connectivity index (χ4v) is 2.26. The van der Waals surface area contributed by atoms with Crippen molar-refractivity contribution >= 4 is 17.2 Å². The SMILES string of the molecule is CCC[C@H](N)C(=O)N(C)CCc1cccs1. The Morgan fingerprint density at radius 3 is 2.94 bits per heavy atom. The van der Waals surface area contributed by atoms with Gasteiger partial charge >= 0.3 is 0 Å². The van der Waals surface area contributed by atoms with Gasteiger partial charge in [-0.05, 0) is 24.3 Å². The second kappa shape index (κ2) is 6.66. The summed E-state index contributed by atoms with van der Waals surface area (Å²) in [5.41, 5.74) is 5.79. The number of likely N-dealkylation sites (N-methyl/N-ethyl adjacent to an activating group) is 1. The van der Waals surface area contributed by atoms with Gasteiger partial charge < -0.3 is 10.6 Å². The van der Waals surface area contributed by atoms with Gasteiger partial charge in [0.1, 0.15) is 0 Å². The summed E-state index contributed by atoms with van der Waals surface area (Å²) < 4.78 is 0. The third-order valence-electron chi connectivity index (χ3n) is 2.57. The van der Waals surface area contributed by atoms with E-state index in [1.807, 2.05) is 20.0 Å². The van der Waals surface area contributed by atoms with Gasteiger partial charge in [0.2, 0.25) is 5.91 Å². The predicted octanol–water partition coefficient (Wildman–Crippen LogP) is 1.88. The molecule has 1 aromatic heterocycles. The maximum Gasteiger partial charge on any atom is 0.239 e. The van der Waals surface area contributed by atoms with Gasteiger partial charge in [-0.15, -0.1) is 11.3 Å². The van der Waals surface area contributed by atoms with Gasteiger partial charge in [-0.3, -0.25) is 4.79 Å². The lowest BCUT2D eigenvalue weighted by Gasteiger charge is -2.20. The second-order valence-corrected chi connectivity index (χ2v) is 5.02. The Kier molecular flexibility index (Phi) is 5.49. The third kappa shape index (κ3) is 3.94. The van der Waals surface area contributed by atoms with Gasteiger partial charge in [0.25, 0.3) is 0 Å². The van der Waals surface area contributed by atoms with E-state index in [2.05, 4.69) is 11.4 Å². The van der Waals surface area contributed by atoms with E-state index in [-0.39, 0.29) is 11.9 Å². The van der Waals surface area contributed by atoms with Crippen molar-refractivity contribution < 1.29 is 4.79 Å². The van der Waals surface area contributed by atoms with Gasteiger partial charge in [0.15, 0.2) is 0 Å². The Bertz CT molecular complexity index is 311. The minimum Gasteiger partial charge on any atom is -0.344 e. The lowest BCUT2D eigenvalue weighted by Crippen LogP contribution is -2.42. The Labute approximate surface area is 101 Å². The fourth-order valence-electron chi connectivity index (χ4n) is 1.56. The largest absolute Gasteiger partial charge is 0.344 e. The van der Waals surface area contributed by atoms with Gasteiger partial charge in [0.05, 0.1) is 6.04 Å². The molecule has 0 saturated heterocycles. The third-order valence-corrected chi connectivity index (χ3v) is 3.50. The van der Waals surface area contributed by atoms with Crippen LogP contribution in [-0.4, -0.2) is 30.4 Å². The summed E-state index contributed by atoms with van der Waals surface area (Å²) in [6.07, 6.45) is 2.63. The van der Waals surface area contributed by atoms with Crippen LogP contribution in [0.25, 0.3) is 0 Å². The van der Waals surface area contributed by atoms with E-state index in [1.54, 1.807) is 16.2 Å². The number of hydrogen-bond donors (Lipinski definition) is 1. The highest BCUT2D eigenvalue weighted by Gasteiger charge is 2.16. The first kappa shape index (κ1) is 13.2. The number of hydrogen-bond acceptors (Lipinski definition) is 3. The Morgan fingerprint density at radius 2 is 2.38 bits per heavy atom. The minimum atomic E-state index is -0.335. The molecule has 0 spiro atoms. The van der Waals surface area contributed by atoms with Crippen molar-refractivity contribution in [3.63, 3.8) is 0 Å². The standard InChI is InChI=1S/C12H20N2OS/c1-3-5-11(13)12(15)14(2)8-7-10-6-4-9-16-10/h4,6,9,11H,3,5,7-8,13H2,1-2H3/t11-/m0/s1. The molecule has 2 N–H and O–H groups in total. The van der Waals surface area contributed by atoms with E-state index < -0.39 is 0 Å². The molecule has 0 saturated carbocycles. The fraction of sp³-hybridized carbons (Fsp3) is 0.583. The average molecular weight is 240 g/mol. The van der Waals surface area contributed by atoms with Crippen LogP contribution < -0.4 is 5.73 Å². The van der Waals surface area contributed by atoms with Gasteiger partial charge in [0, 0.05) is 18.5 Å². The Balaban J connectivity index is 2.34. The molecule has 1 atom stereocenters. The summed E-state index contributed by atoms with van der Waals surface area (Å²) in [6.45, 7) is 2.79. The van der Waals surface area contributed by atoms with E-state index in [4.69, 9.17) is 5.73 Å². The molecule has 16 heavy (non-hydrogen) atoms. The molecule has 0 aliphatic heterocycles. The van der Waals surface area contributed by atoms with Crippen LogP contribution in [0.2, 0.25) is 0 Å². The van der Waals surface area contributed by atoms with Gasteiger partial charge in [-0.1, -0.05) is 19.4 Å². The number of carbonyl (C=O) groups excluding carboxylic acids is 1. The first-order valence-corrected chi connectivity index (χ1v) is 6.56. The average Bonchev–Trinajstić information content (AvgIpc) is 2.78. The molecular formula is C12H20N2OS. The number of nitrogens with zero attached hydrogens (tertiary/aromatic N) is 1. The number of amides is 1. The first-order valence-electron chi connectivity index (χ1n) is 5.68. The van der Waals surface area contributed by atoms with Crippen molar-refractivity contribution in [2.75, 3.05) is 13.6 Å². The highest BCUT2D eigenvalue weighted by atomic mass is 32.1. The van der Waals surface area contributed by atoms with E-state index in [0.717, 1.165) is 25.8 Å². The van der Waals surface area contributed by atoms with Crippen LogP contribution in [-0.2, 0) is 11.2 Å². The molecule has 0 unspecified atom stereocenters. The molecule has 1 aromatic rings. The first-order chi connectivity index (χ1) is 7.65. The molecule has 3 nitrogen and oxygen atoms in total. The molecule has 0 fully saturated rings. The summed E-state index contributed by atoms with van der Waals surface area (Å²) in [4.78, 5) is 14.8. The van der Waals surface area contributed by atoms with Crippen molar-refractivity contribution in [3.8, 4) is 0 Å². The maximum atomic E-state index is 11.8. The molecule has 90 valence electrons. The molecule has 0 bridgehead atoms. The van der Waals surface area contributed by atoms with Crippen LogP contribution in [0, 0.1) is 0 Å². The van der Waals surface area contributed by atoms with Crippen molar-refractivity contribution in [1.29, 1.82) is 0 Å². The lowest BCUT2D eigenvalue weighted by molar-refractivity contribution is -0.131. The molecule has 1 amide bonds. The van der Waals surface area contributed by atoms with Gasteiger partial charge in [-0.2, -0.15) is 0 Å². The minimum absolute atomic E-state index is 0.0541. The molecule has 0 radical (unpaired) electrons. The number of carbonyl (C=O) groups is 1. The van der Waals surface area contributed by atoms with E-state index in [0.29, 0.717) is 0 Å². The molecule has 1 heterocycles. The van der Waals surface area contributed by atoms with Crippen molar-refractivity contribution in [3.05, 3.63) is 22.4 Å². The molecular weight excluding hydrogens is 220 g/mol. The number of rotatable bonds is 6. The Hall–Kier alpha value is -0.870. The van der Waals surface area contributed by atoms with Gasteiger partial charge in [-0.25, -0.2) is 0 Å². The molecule has 1 rings (SSSR count). The lowest BCUT2D eigenvalue weighted by atomic mass is 10.1. The second-order valence-electron chi connectivity index (χ2n) is 3.98. The van der Waals surface area contributed by atoms with Crippen LogP contribution in [0.4, 0.5) is 0 Å². The van der Waals surface area contributed by atoms with Crippen molar-refractivity contribution in [1.82, 2.24) is 4.90 Å². The topological polar surface area (TPSA) is 46.3 Å². The van der Waals surface area contributed by atoms with E-state index in [9.17, 15) is 4.79 Å². The summed E-state index contributed by atoms with van der Waals surface area (Å²) >= 11 is 1.73. The summed E-state index contributed by atoms with van der Waals surface area (Å²) in [5, 5.41) is 2.06. The molecule has 0 aromatic carbocycles. The monoisotopic (exact) mass is 240 g/mol. The quantitative estimate of drug-likeness (QED) is 0.825. The number of thiophene rings is 1. The molecule has 0 aliphatic rings. The maximum absolute atomic E-state index is 11.8. The zero-order valence-corrected chi connectivity index (χ0v) is 10.8. The predicted molar refractivity (Wildman–Crippen MR) is 68.5 cm³/mol. The van der Waals surface area contributed by atoms with Crippen LogP contribution >= 0.6 is 11.3 Å². The smallest absolute Gasteiger partial charge is 0.239 e. The summed E-state index contributed by atoms with van der Waals surface area (Å²) in [7, 11) is 1.82. The van der Waals surface area contributed by atoms with Crippen molar-refractivity contribution in [2.24, 2.45) is 5.73 Å². The molecule has 0 aliphatic carbocycles. The van der Waals surface area contributed by atoms with Crippen LogP contribution in [0.5, 0.6) is 0 Å². The van der Waals surface area contributed by atoms with Crippen molar-refractivity contribution in [2.45, 2.75) is 32.2 Å². The van der Waals surface area contributed by atoms with Crippen LogP contribution in [0.15, 0.2) is 17.5 Å². The number of nitrogens with two attached hydrogens (primary N) is 1. The van der Waals surface area contributed by atoms with E-state index >= 15 is 0 Å². The zero-order valence-electron chi connectivity index (χ0n) is 9.98. The van der Waals surface area contributed by atoms with Crippen LogP contribution in [0.3, 0.4) is 0 Å².